The summed E-state index contributed by atoms with van der Waals surface area (Å²) in [5.41, 5.74) is 0. The van der Waals surface area contributed by atoms with Crippen LogP contribution in [0, 0.1) is 0 Å². The number of rotatable bonds is 2. The fourth-order valence-corrected chi connectivity index (χ4v) is 1.66. The molecule has 0 heterocycles. The predicted octanol–water partition coefficient (Wildman–Crippen LogP) is 4.19. The van der Waals surface area contributed by atoms with E-state index in [2.05, 4.69) is 15.9 Å². The summed E-state index contributed by atoms with van der Waals surface area (Å²) in [6.45, 7) is 0. The summed E-state index contributed by atoms with van der Waals surface area (Å²) in [6.07, 6.45) is 0. The number of para-hydroxylation sites is 1. The molecule has 86 valence electrons. The molecule has 0 aliphatic carbocycles. The van der Waals surface area contributed by atoms with Gasteiger partial charge in [-0.25, -0.2) is 0 Å². The van der Waals surface area contributed by atoms with Crippen molar-refractivity contribution in [2.75, 3.05) is 0 Å². The highest BCUT2D eigenvalue weighted by Gasteiger charge is 2.02. The Bertz CT molecular complexity index is 497. The molecule has 0 spiro atoms. The second kappa shape index (κ2) is 5.80. The molecular formula is C13H9BrO2S. The monoisotopic (exact) mass is 308 g/mol. The zero-order valence-corrected chi connectivity index (χ0v) is 11.2. The number of thiocarbonyl (C=S) groups is 1. The van der Waals surface area contributed by atoms with Gasteiger partial charge in [0.1, 0.15) is 11.5 Å². The van der Waals surface area contributed by atoms with Crippen molar-refractivity contribution in [3.8, 4) is 11.5 Å². The molecule has 2 nitrogen and oxygen atoms in total. The molecule has 0 radical (unpaired) electrons. The molecule has 17 heavy (non-hydrogen) atoms. The van der Waals surface area contributed by atoms with E-state index in [0.29, 0.717) is 11.5 Å². The Morgan fingerprint density at radius 3 is 1.94 bits per heavy atom. The Balaban J connectivity index is 1.96. The van der Waals surface area contributed by atoms with Crippen LogP contribution in [-0.4, -0.2) is 5.24 Å². The van der Waals surface area contributed by atoms with E-state index >= 15 is 0 Å². The van der Waals surface area contributed by atoms with Crippen molar-refractivity contribution in [3.05, 3.63) is 59.1 Å². The third kappa shape index (κ3) is 3.84. The first-order chi connectivity index (χ1) is 8.24. The molecule has 0 saturated carbocycles. The summed E-state index contributed by atoms with van der Waals surface area (Å²) in [6, 6.07) is 16.7. The second-order valence-electron chi connectivity index (χ2n) is 3.22. The van der Waals surface area contributed by atoms with E-state index in [0.717, 1.165) is 4.47 Å². The molecule has 0 fully saturated rings. The van der Waals surface area contributed by atoms with Crippen LogP contribution < -0.4 is 9.47 Å². The maximum Gasteiger partial charge on any atom is 0.363 e. The maximum absolute atomic E-state index is 5.36. The number of halogens is 1. The standard InChI is InChI=1S/C13H9BrO2S/c14-10-6-8-12(9-7-10)16-13(17)15-11-4-2-1-3-5-11/h1-9H. The van der Waals surface area contributed by atoms with Gasteiger partial charge in [0.25, 0.3) is 0 Å². The number of ether oxygens (including phenoxy) is 2. The third-order valence-corrected chi connectivity index (χ3v) is 2.65. The lowest BCUT2D eigenvalue weighted by Gasteiger charge is -2.07. The summed E-state index contributed by atoms with van der Waals surface area (Å²) in [5.74, 6) is 1.31. The Hall–Kier alpha value is -1.39. The van der Waals surface area contributed by atoms with Gasteiger partial charge in [-0.2, -0.15) is 0 Å². The molecule has 0 aliphatic heterocycles. The van der Waals surface area contributed by atoms with Crippen LogP contribution in [0.1, 0.15) is 0 Å². The van der Waals surface area contributed by atoms with Gasteiger partial charge in [0.15, 0.2) is 0 Å². The molecule has 0 amide bonds. The van der Waals surface area contributed by atoms with Gasteiger partial charge < -0.3 is 9.47 Å². The van der Waals surface area contributed by atoms with Gasteiger partial charge in [0.05, 0.1) is 0 Å². The summed E-state index contributed by atoms with van der Waals surface area (Å²) >= 11 is 8.34. The normalized spacial score (nSPS) is 9.71. The maximum atomic E-state index is 5.36. The number of hydrogen-bond acceptors (Lipinski definition) is 3. The molecule has 0 saturated heterocycles. The van der Waals surface area contributed by atoms with Gasteiger partial charge >= 0.3 is 5.24 Å². The van der Waals surface area contributed by atoms with Crippen molar-refractivity contribution in [2.45, 2.75) is 0 Å². The van der Waals surface area contributed by atoms with Crippen LogP contribution in [0.5, 0.6) is 11.5 Å². The molecule has 0 aromatic heterocycles. The zero-order chi connectivity index (χ0) is 12.1. The van der Waals surface area contributed by atoms with Gasteiger partial charge in [0, 0.05) is 16.7 Å². The van der Waals surface area contributed by atoms with E-state index < -0.39 is 0 Å². The second-order valence-corrected chi connectivity index (χ2v) is 4.47. The molecule has 0 aliphatic rings. The first-order valence-electron chi connectivity index (χ1n) is 4.94. The molecule has 0 N–H and O–H groups in total. The van der Waals surface area contributed by atoms with Crippen molar-refractivity contribution in [1.29, 1.82) is 0 Å². The highest BCUT2D eigenvalue weighted by Crippen LogP contribution is 2.17. The van der Waals surface area contributed by atoms with Crippen LogP contribution in [0.4, 0.5) is 0 Å². The van der Waals surface area contributed by atoms with E-state index in [1.807, 2.05) is 54.6 Å². The van der Waals surface area contributed by atoms with Gasteiger partial charge in [-0.1, -0.05) is 34.1 Å². The SMILES string of the molecule is S=C(Oc1ccccc1)Oc1ccc(Br)cc1. The first-order valence-corrected chi connectivity index (χ1v) is 6.14. The Labute approximate surface area is 113 Å². The van der Waals surface area contributed by atoms with E-state index in [4.69, 9.17) is 21.7 Å². The summed E-state index contributed by atoms with van der Waals surface area (Å²) in [7, 11) is 0. The lowest BCUT2D eigenvalue weighted by Crippen LogP contribution is -2.13. The topological polar surface area (TPSA) is 18.5 Å². The fourth-order valence-electron chi connectivity index (χ4n) is 1.20. The molecule has 0 unspecified atom stereocenters. The first kappa shape index (κ1) is 12.1. The minimum Gasteiger partial charge on any atom is -0.417 e. The number of benzene rings is 2. The van der Waals surface area contributed by atoms with Gasteiger partial charge in [-0.3, -0.25) is 0 Å². The van der Waals surface area contributed by atoms with Gasteiger partial charge in [-0.05, 0) is 36.4 Å². The van der Waals surface area contributed by atoms with Crippen molar-refractivity contribution >= 4 is 33.4 Å². The Morgan fingerprint density at radius 1 is 0.824 bits per heavy atom. The summed E-state index contributed by atoms with van der Waals surface area (Å²) < 4.78 is 11.7. The fraction of sp³-hybridized carbons (Fsp3) is 0. The van der Waals surface area contributed by atoms with Crippen LogP contribution in [0.25, 0.3) is 0 Å². The van der Waals surface area contributed by atoms with Crippen LogP contribution in [0.15, 0.2) is 59.1 Å². The third-order valence-electron chi connectivity index (χ3n) is 1.96. The predicted molar refractivity (Wildman–Crippen MR) is 74.4 cm³/mol. The van der Waals surface area contributed by atoms with Crippen LogP contribution >= 0.6 is 28.1 Å². The minimum atomic E-state index is 0.0820. The summed E-state index contributed by atoms with van der Waals surface area (Å²) in [5, 5.41) is 0.0820. The summed E-state index contributed by atoms with van der Waals surface area (Å²) in [4.78, 5) is 0. The van der Waals surface area contributed by atoms with Crippen molar-refractivity contribution in [1.82, 2.24) is 0 Å². The van der Waals surface area contributed by atoms with E-state index in [1.165, 1.54) is 0 Å². The van der Waals surface area contributed by atoms with Crippen LogP contribution in [0.3, 0.4) is 0 Å². The van der Waals surface area contributed by atoms with Gasteiger partial charge in [0.2, 0.25) is 0 Å². The van der Waals surface area contributed by atoms with Crippen molar-refractivity contribution in [2.24, 2.45) is 0 Å². The average molecular weight is 309 g/mol. The smallest absolute Gasteiger partial charge is 0.363 e. The van der Waals surface area contributed by atoms with E-state index in [1.54, 1.807) is 0 Å². The Morgan fingerprint density at radius 2 is 1.35 bits per heavy atom. The molecule has 2 rings (SSSR count). The number of hydrogen-bond donors (Lipinski definition) is 0. The molecular weight excluding hydrogens is 300 g/mol. The average Bonchev–Trinajstić information content (AvgIpc) is 2.33. The minimum absolute atomic E-state index is 0.0820. The van der Waals surface area contributed by atoms with Crippen LogP contribution in [0.2, 0.25) is 0 Å². The lowest BCUT2D eigenvalue weighted by molar-refractivity contribution is 0.403. The van der Waals surface area contributed by atoms with E-state index in [-0.39, 0.29) is 5.24 Å². The van der Waals surface area contributed by atoms with Crippen LogP contribution in [-0.2, 0) is 0 Å². The molecule has 2 aromatic carbocycles. The van der Waals surface area contributed by atoms with Crippen molar-refractivity contribution < 1.29 is 9.47 Å². The highest BCUT2D eigenvalue weighted by atomic mass is 79.9. The quantitative estimate of drug-likeness (QED) is 0.775. The lowest BCUT2D eigenvalue weighted by atomic mass is 10.3. The molecule has 0 bridgehead atoms. The van der Waals surface area contributed by atoms with E-state index in [9.17, 15) is 0 Å². The molecule has 0 atom stereocenters. The molecule has 2 aromatic rings. The Kier molecular flexibility index (Phi) is 4.12. The largest absolute Gasteiger partial charge is 0.417 e. The van der Waals surface area contributed by atoms with Crippen molar-refractivity contribution in [3.63, 3.8) is 0 Å². The van der Waals surface area contributed by atoms with Gasteiger partial charge in [-0.15, -0.1) is 0 Å². The zero-order valence-electron chi connectivity index (χ0n) is 8.80. The highest BCUT2D eigenvalue weighted by molar-refractivity contribution is 9.10. The molecule has 4 heteroatoms.